The van der Waals surface area contributed by atoms with Gasteiger partial charge >= 0.3 is 12.1 Å². The van der Waals surface area contributed by atoms with Crippen LogP contribution in [0.25, 0.3) is 11.2 Å². The highest BCUT2D eigenvalue weighted by Gasteiger charge is 2.51. The second-order valence-corrected chi connectivity index (χ2v) is 7.17. The quantitative estimate of drug-likeness (QED) is 0.275. The first-order valence-corrected chi connectivity index (χ1v) is 9.52. The standard InChI is InChI=1S/C13H17F3N7O6P/c14-13(15,16)10(26)19-3-12(1-5(29-30(18)27)6(2-24)28-12)23-4-20-7-8(23)21-11(17)22-9(7)25/h4-6,24,27H,1-3,18H2,(H,19,26)(H3,17,21,22,25)/t5-,6+,12-,30?/m0/s1. The molecule has 1 aliphatic rings. The lowest BCUT2D eigenvalue weighted by atomic mass is 10.1. The molecule has 0 spiro atoms. The number of aliphatic hydroxyl groups is 1. The molecule has 1 fully saturated rings. The molecule has 8 N–H and O–H groups in total. The lowest BCUT2D eigenvalue weighted by molar-refractivity contribution is -0.176. The largest absolute Gasteiger partial charge is 0.471 e. The summed E-state index contributed by atoms with van der Waals surface area (Å²) >= 11 is 0. The van der Waals surface area contributed by atoms with E-state index in [1.165, 1.54) is 0 Å². The monoisotopic (exact) mass is 455 g/mol. The number of alkyl halides is 3. The Hall–Kier alpha value is -2.36. The Morgan fingerprint density at radius 1 is 1.57 bits per heavy atom. The summed E-state index contributed by atoms with van der Waals surface area (Å²) in [7, 11) is -2.40. The third-order valence-corrected chi connectivity index (χ3v) is 4.86. The van der Waals surface area contributed by atoms with Gasteiger partial charge in [-0.25, -0.2) is 4.98 Å². The normalized spacial score (nSPS) is 25.5. The SMILES string of the molecule is Nc1nc2c(ncn2[C@@]2(CNC(=O)C(F)(F)F)C[C@H](OP(N)O)[C@@H](CO)O2)c(=O)[nH]1. The van der Waals surface area contributed by atoms with Gasteiger partial charge in [0.15, 0.2) is 16.9 Å². The molecule has 17 heteroatoms. The molecule has 0 saturated carbocycles. The number of amides is 1. The number of H-pyrrole nitrogens is 1. The number of nitrogens with one attached hydrogen (secondary N) is 2. The molecule has 1 saturated heterocycles. The summed E-state index contributed by atoms with van der Waals surface area (Å²) in [5.74, 6) is -2.54. The van der Waals surface area contributed by atoms with Crippen LogP contribution >= 0.6 is 8.53 Å². The molecular weight excluding hydrogens is 438 g/mol. The zero-order valence-corrected chi connectivity index (χ0v) is 15.9. The number of fused-ring (bicyclic) bond motifs is 1. The number of hydrogen-bond acceptors (Lipinski definition) is 10. The number of nitrogen functional groups attached to an aromatic ring is 1. The first-order chi connectivity index (χ1) is 14.0. The van der Waals surface area contributed by atoms with Crippen LogP contribution in [0.1, 0.15) is 6.42 Å². The summed E-state index contributed by atoms with van der Waals surface area (Å²) in [5.41, 5.74) is 7.92. The van der Waals surface area contributed by atoms with Crippen LogP contribution in [-0.2, 0) is 19.8 Å². The number of ether oxygens (including phenoxy) is 1. The molecule has 4 atom stereocenters. The van der Waals surface area contributed by atoms with Crippen molar-refractivity contribution >= 4 is 31.5 Å². The maximum Gasteiger partial charge on any atom is 0.471 e. The van der Waals surface area contributed by atoms with E-state index in [0.29, 0.717) is 0 Å². The van der Waals surface area contributed by atoms with Crippen LogP contribution < -0.4 is 22.1 Å². The average molecular weight is 455 g/mol. The average Bonchev–Trinajstić information content (AvgIpc) is 3.20. The van der Waals surface area contributed by atoms with E-state index in [1.807, 2.05) is 0 Å². The van der Waals surface area contributed by atoms with E-state index < -0.39 is 57.3 Å². The first kappa shape index (κ1) is 22.3. The Morgan fingerprint density at radius 3 is 2.87 bits per heavy atom. The molecule has 1 amide bonds. The van der Waals surface area contributed by atoms with Crippen LogP contribution in [-0.4, -0.2) is 67.0 Å². The van der Waals surface area contributed by atoms with Crippen molar-refractivity contribution in [3.8, 4) is 0 Å². The van der Waals surface area contributed by atoms with Crippen molar-refractivity contribution in [2.24, 2.45) is 5.50 Å². The predicted octanol–water partition coefficient (Wildman–Crippen LogP) is -1.62. The minimum absolute atomic E-state index is 0.145. The number of rotatable bonds is 6. The van der Waals surface area contributed by atoms with E-state index in [4.69, 9.17) is 20.5 Å². The van der Waals surface area contributed by atoms with E-state index in [9.17, 15) is 32.8 Å². The zero-order valence-electron chi connectivity index (χ0n) is 15.0. The van der Waals surface area contributed by atoms with Gasteiger partial charge < -0.3 is 30.3 Å². The lowest BCUT2D eigenvalue weighted by Crippen LogP contribution is -2.48. The molecule has 30 heavy (non-hydrogen) atoms. The molecular formula is C13H17F3N7O6P. The van der Waals surface area contributed by atoms with Crippen molar-refractivity contribution in [1.29, 1.82) is 0 Å². The molecule has 0 radical (unpaired) electrons. The van der Waals surface area contributed by atoms with Gasteiger partial charge in [0.25, 0.3) is 5.56 Å². The number of carbonyl (C=O) groups excluding carboxylic acids is 1. The van der Waals surface area contributed by atoms with E-state index in [0.717, 1.165) is 10.9 Å². The number of halogens is 3. The van der Waals surface area contributed by atoms with Crippen molar-refractivity contribution < 1.29 is 37.2 Å². The summed E-state index contributed by atoms with van der Waals surface area (Å²) in [4.78, 5) is 42.8. The smallest absolute Gasteiger partial charge is 0.394 e. The van der Waals surface area contributed by atoms with Gasteiger partial charge in [-0.05, 0) is 0 Å². The van der Waals surface area contributed by atoms with Crippen molar-refractivity contribution in [3.63, 3.8) is 0 Å². The van der Waals surface area contributed by atoms with Gasteiger partial charge in [-0.15, -0.1) is 0 Å². The van der Waals surface area contributed by atoms with Crippen LogP contribution in [0.15, 0.2) is 11.1 Å². The Kier molecular flexibility index (Phi) is 5.99. The fraction of sp³-hybridized carbons (Fsp3) is 0.538. The number of carbonyl (C=O) groups is 1. The van der Waals surface area contributed by atoms with E-state index in [1.54, 1.807) is 5.32 Å². The second kappa shape index (κ2) is 8.05. The number of aliphatic hydroxyl groups excluding tert-OH is 1. The van der Waals surface area contributed by atoms with E-state index >= 15 is 0 Å². The highest BCUT2D eigenvalue weighted by molar-refractivity contribution is 7.43. The van der Waals surface area contributed by atoms with Gasteiger partial charge in [-0.2, -0.15) is 18.2 Å². The highest BCUT2D eigenvalue weighted by Crippen LogP contribution is 2.41. The molecule has 0 bridgehead atoms. The van der Waals surface area contributed by atoms with Crippen LogP contribution in [0, 0.1) is 0 Å². The minimum atomic E-state index is -5.17. The molecule has 13 nitrogen and oxygen atoms in total. The molecule has 0 aliphatic carbocycles. The number of hydrogen-bond donors (Lipinski definition) is 6. The van der Waals surface area contributed by atoms with E-state index in [2.05, 4.69) is 15.0 Å². The fourth-order valence-electron chi connectivity index (χ4n) is 3.15. The lowest BCUT2D eigenvalue weighted by Gasteiger charge is -2.31. The Morgan fingerprint density at radius 2 is 2.27 bits per heavy atom. The highest BCUT2D eigenvalue weighted by atomic mass is 31.2. The molecule has 3 heterocycles. The van der Waals surface area contributed by atoms with Gasteiger partial charge in [0.1, 0.15) is 6.10 Å². The maximum absolute atomic E-state index is 12.7. The van der Waals surface area contributed by atoms with Crippen LogP contribution in [0.5, 0.6) is 0 Å². The van der Waals surface area contributed by atoms with Crippen molar-refractivity contribution in [1.82, 2.24) is 24.8 Å². The number of anilines is 1. The summed E-state index contributed by atoms with van der Waals surface area (Å²) in [6.45, 7) is -1.42. The molecule has 3 rings (SSSR count). The van der Waals surface area contributed by atoms with Gasteiger partial charge in [-0.3, -0.25) is 24.6 Å². The molecule has 2 aromatic heterocycles. The fourth-order valence-corrected chi connectivity index (χ4v) is 3.64. The van der Waals surface area contributed by atoms with Gasteiger partial charge in [0.05, 0.1) is 25.6 Å². The predicted molar refractivity (Wildman–Crippen MR) is 94.4 cm³/mol. The summed E-state index contributed by atoms with van der Waals surface area (Å²) in [5, 5.41) is 11.3. The zero-order chi connectivity index (χ0) is 22.3. The number of imidazole rings is 1. The molecule has 0 aromatic carbocycles. The van der Waals surface area contributed by atoms with Crippen molar-refractivity contribution in [3.05, 3.63) is 16.7 Å². The minimum Gasteiger partial charge on any atom is -0.394 e. The topological polar surface area (TPSA) is 204 Å². The summed E-state index contributed by atoms with van der Waals surface area (Å²) in [6, 6.07) is 0. The maximum atomic E-state index is 12.7. The Balaban J connectivity index is 2.07. The number of aromatic nitrogens is 4. The molecule has 166 valence electrons. The summed E-state index contributed by atoms with van der Waals surface area (Å²) in [6.07, 6.45) is -6.58. The Labute approximate surface area is 166 Å². The van der Waals surface area contributed by atoms with Gasteiger partial charge in [0, 0.05) is 6.42 Å². The van der Waals surface area contributed by atoms with Crippen molar-refractivity contribution in [2.45, 2.75) is 30.5 Å². The number of aromatic amines is 1. The van der Waals surface area contributed by atoms with E-state index in [-0.39, 0.29) is 23.5 Å². The number of nitrogens with two attached hydrogens (primary N) is 2. The van der Waals surface area contributed by atoms with Crippen molar-refractivity contribution in [2.75, 3.05) is 18.9 Å². The van der Waals surface area contributed by atoms with Crippen LogP contribution in [0.4, 0.5) is 19.1 Å². The van der Waals surface area contributed by atoms with Gasteiger partial charge in [-0.1, -0.05) is 0 Å². The Bertz CT molecular complexity index is 998. The first-order valence-electron chi connectivity index (χ1n) is 8.24. The molecule has 1 aliphatic heterocycles. The van der Waals surface area contributed by atoms with Crippen LogP contribution in [0.3, 0.4) is 0 Å². The molecule has 1 unspecified atom stereocenters. The number of nitrogens with zero attached hydrogens (tertiary/aromatic N) is 3. The molecule has 2 aromatic rings. The third kappa shape index (κ3) is 4.23. The van der Waals surface area contributed by atoms with Gasteiger partial charge in [0.2, 0.25) is 14.5 Å². The third-order valence-electron chi connectivity index (χ3n) is 4.38. The van der Waals surface area contributed by atoms with Crippen LogP contribution in [0.2, 0.25) is 0 Å². The summed E-state index contributed by atoms with van der Waals surface area (Å²) < 4.78 is 50.0. The second-order valence-electron chi connectivity index (χ2n) is 6.35.